The van der Waals surface area contributed by atoms with E-state index in [0.29, 0.717) is 27.8 Å². The molecule has 1 N–H and O–H groups in total. The Labute approximate surface area is 166 Å². The molecule has 0 saturated carbocycles. The van der Waals surface area contributed by atoms with Crippen LogP contribution in [0.15, 0.2) is 48.7 Å². The van der Waals surface area contributed by atoms with Crippen molar-refractivity contribution in [3.8, 4) is 34.3 Å². The number of nitrogens with zero attached hydrogens (tertiary/aromatic N) is 3. The zero-order valence-electron chi connectivity index (χ0n) is 15.6. The molecule has 0 radical (unpaired) electrons. The summed E-state index contributed by atoms with van der Waals surface area (Å²) in [5.41, 5.74) is 2.52. The van der Waals surface area contributed by atoms with Crippen molar-refractivity contribution in [1.82, 2.24) is 19.7 Å². The lowest BCUT2D eigenvalue weighted by Crippen LogP contribution is -2.01. The topological polar surface area (TPSA) is 74.2 Å². The zero-order valence-corrected chi connectivity index (χ0v) is 16.4. The molecule has 2 heterocycles. The molecule has 0 aliphatic rings. The van der Waals surface area contributed by atoms with Gasteiger partial charge in [0.15, 0.2) is 22.1 Å². The predicted molar refractivity (Wildman–Crippen MR) is 109 cm³/mol. The molecule has 7 nitrogen and oxygen atoms in total. The van der Waals surface area contributed by atoms with Crippen LogP contribution in [0.4, 0.5) is 0 Å². The Balaban J connectivity index is 1.99. The van der Waals surface area contributed by atoms with E-state index in [1.807, 2.05) is 47.0 Å². The van der Waals surface area contributed by atoms with E-state index >= 15 is 0 Å². The predicted octanol–water partition coefficient (Wildman–Crippen LogP) is 4.17. The smallest absolute Gasteiger partial charge is 0.203 e. The maximum atomic E-state index is 5.53. The summed E-state index contributed by atoms with van der Waals surface area (Å²) in [4.78, 5) is 4.43. The number of benzene rings is 2. The molecule has 8 heteroatoms. The zero-order chi connectivity index (χ0) is 19.7. The van der Waals surface area contributed by atoms with Crippen molar-refractivity contribution in [3.05, 3.63) is 53.4 Å². The van der Waals surface area contributed by atoms with E-state index in [9.17, 15) is 0 Å². The lowest BCUT2D eigenvalue weighted by molar-refractivity contribution is 0.324. The van der Waals surface area contributed by atoms with Gasteiger partial charge in [0.1, 0.15) is 0 Å². The van der Waals surface area contributed by atoms with Crippen LogP contribution in [0.3, 0.4) is 0 Å². The van der Waals surface area contributed by atoms with Crippen molar-refractivity contribution in [2.24, 2.45) is 0 Å². The highest BCUT2D eigenvalue weighted by Crippen LogP contribution is 2.41. The number of hydrogen-bond acceptors (Lipinski definition) is 6. The maximum Gasteiger partial charge on any atom is 0.203 e. The van der Waals surface area contributed by atoms with E-state index in [1.165, 1.54) is 0 Å². The van der Waals surface area contributed by atoms with E-state index in [0.717, 1.165) is 22.2 Å². The third-order valence-corrected chi connectivity index (χ3v) is 4.73. The number of pyridine rings is 1. The standard InChI is InChI=1S/C20H18N4O3S/c1-25-16-10-12(11-17(26-2)18(16)27-3)19-22-23-20(28)24(19)15-8-4-7-14-13(15)6-5-9-21-14/h4-11H,1-3H3,(H,23,28). The molecule has 0 atom stereocenters. The van der Waals surface area contributed by atoms with Crippen LogP contribution in [0.2, 0.25) is 0 Å². The fraction of sp³-hybridized carbons (Fsp3) is 0.150. The number of aromatic nitrogens is 4. The largest absolute Gasteiger partial charge is 0.493 e. The summed E-state index contributed by atoms with van der Waals surface area (Å²) in [5, 5.41) is 8.30. The third-order valence-electron chi connectivity index (χ3n) is 4.46. The van der Waals surface area contributed by atoms with Gasteiger partial charge in [-0.15, -0.1) is 0 Å². The minimum absolute atomic E-state index is 0.472. The van der Waals surface area contributed by atoms with Crippen LogP contribution >= 0.6 is 12.2 Å². The van der Waals surface area contributed by atoms with Gasteiger partial charge in [-0.25, -0.2) is 0 Å². The van der Waals surface area contributed by atoms with Crippen molar-refractivity contribution < 1.29 is 14.2 Å². The number of ether oxygens (including phenoxy) is 3. The van der Waals surface area contributed by atoms with Crippen molar-refractivity contribution in [1.29, 1.82) is 0 Å². The SMILES string of the molecule is COc1cc(-c2n[nH]c(=S)n2-c2cccc3ncccc23)cc(OC)c1OC. The first kappa shape index (κ1) is 18.0. The minimum Gasteiger partial charge on any atom is -0.493 e. The molecule has 0 bridgehead atoms. The quantitative estimate of drug-likeness (QED) is 0.512. The highest BCUT2D eigenvalue weighted by Gasteiger charge is 2.19. The molecule has 0 unspecified atom stereocenters. The van der Waals surface area contributed by atoms with Crippen LogP contribution in [0, 0.1) is 4.77 Å². The maximum absolute atomic E-state index is 5.53. The Bertz CT molecular complexity index is 1190. The van der Waals surface area contributed by atoms with Gasteiger partial charge in [-0.05, 0) is 48.6 Å². The van der Waals surface area contributed by atoms with E-state index in [-0.39, 0.29) is 0 Å². The van der Waals surface area contributed by atoms with Gasteiger partial charge >= 0.3 is 0 Å². The molecule has 0 aliphatic heterocycles. The second kappa shape index (κ2) is 7.32. The molecule has 0 amide bonds. The molecule has 0 fully saturated rings. The molecule has 0 aliphatic carbocycles. The second-order valence-electron chi connectivity index (χ2n) is 5.95. The lowest BCUT2D eigenvalue weighted by atomic mass is 10.1. The molecular weight excluding hydrogens is 376 g/mol. The summed E-state index contributed by atoms with van der Waals surface area (Å²) in [6, 6.07) is 13.5. The van der Waals surface area contributed by atoms with Gasteiger partial charge in [0.2, 0.25) is 5.75 Å². The summed E-state index contributed by atoms with van der Waals surface area (Å²) < 4.78 is 18.7. The average Bonchev–Trinajstić information content (AvgIpc) is 3.13. The summed E-state index contributed by atoms with van der Waals surface area (Å²) in [6.07, 6.45) is 1.76. The fourth-order valence-electron chi connectivity index (χ4n) is 3.21. The summed E-state index contributed by atoms with van der Waals surface area (Å²) in [7, 11) is 4.72. The number of nitrogens with one attached hydrogen (secondary N) is 1. The number of aromatic amines is 1. The Morgan fingerprint density at radius 1 is 0.964 bits per heavy atom. The van der Waals surface area contributed by atoms with Gasteiger partial charge < -0.3 is 14.2 Å². The van der Waals surface area contributed by atoms with Crippen molar-refractivity contribution >= 4 is 23.1 Å². The molecule has 0 spiro atoms. The molecule has 4 rings (SSSR count). The normalized spacial score (nSPS) is 10.8. The van der Waals surface area contributed by atoms with Crippen molar-refractivity contribution in [3.63, 3.8) is 0 Å². The van der Waals surface area contributed by atoms with Crippen LogP contribution in [-0.4, -0.2) is 41.1 Å². The summed E-state index contributed by atoms with van der Waals surface area (Å²) in [6.45, 7) is 0. The van der Waals surface area contributed by atoms with Crippen LogP contribution in [0.25, 0.3) is 28.0 Å². The number of rotatable bonds is 5. The third kappa shape index (κ3) is 2.87. The first-order valence-electron chi connectivity index (χ1n) is 8.50. The summed E-state index contributed by atoms with van der Waals surface area (Å²) >= 11 is 5.53. The van der Waals surface area contributed by atoms with Crippen molar-refractivity contribution in [2.45, 2.75) is 0 Å². The molecule has 2 aromatic carbocycles. The van der Waals surface area contributed by atoms with Crippen LogP contribution in [-0.2, 0) is 0 Å². The number of hydrogen-bond donors (Lipinski definition) is 1. The molecule has 0 saturated heterocycles. The van der Waals surface area contributed by atoms with Gasteiger partial charge in [0.25, 0.3) is 0 Å². The van der Waals surface area contributed by atoms with Gasteiger partial charge in [-0.3, -0.25) is 14.6 Å². The van der Waals surface area contributed by atoms with E-state index in [1.54, 1.807) is 27.5 Å². The van der Waals surface area contributed by atoms with E-state index < -0.39 is 0 Å². The Kier molecular flexibility index (Phi) is 4.70. The summed E-state index contributed by atoms with van der Waals surface area (Å²) in [5.74, 6) is 2.22. The Morgan fingerprint density at radius 2 is 1.71 bits per heavy atom. The van der Waals surface area contributed by atoms with E-state index in [4.69, 9.17) is 26.4 Å². The monoisotopic (exact) mass is 394 g/mol. The molecule has 28 heavy (non-hydrogen) atoms. The van der Waals surface area contributed by atoms with Gasteiger partial charge in [0, 0.05) is 17.1 Å². The van der Waals surface area contributed by atoms with Gasteiger partial charge in [-0.2, -0.15) is 5.10 Å². The van der Waals surface area contributed by atoms with Gasteiger partial charge in [-0.1, -0.05) is 6.07 Å². The second-order valence-corrected chi connectivity index (χ2v) is 6.34. The molecule has 142 valence electrons. The van der Waals surface area contributed by atoms with Gasteiger partial charge in [0.05, 0.1) is 32.5 Å². The van der Waals surface area contributed by atoms with Crippen LogP contribution in [0.1, 0.15) is 0 Å². The molecule has 4 aromatic rings. The highest BCUT2D eigenvalue weighted by molar-refractivity contribution is 7.71. The fourth-order valence-corrected chi connectivity index (χ4v) is 3.44. The van der Waals surface area contributed by atoms with Crippen LogP contribution in [0.5, 0.6) is 17.2 Å². The van der Waals surface area contributed by atoms with Crippen LogP contribution < -0.4 is 14.2 Å². The average molecular weight is 394 g/mol. The molecule has 2 aromatic heterocycles. The first-order valence-corrected chi connectivity index (χ1v) is 8.90. The Morgan fingerprint density at radius 3 is 2.39 bits per heavy atom. The number of H-pyrrole nitrogens is 1. The lowest BCUT2D eigenvalue weighted by Gasteiger charge is -2.15. The minimum atomic E-state index is 0.472. The molecular formula is C20H18N4O3S. The highest BCUT2D eigenvalue weighted by atomic mass is 32.1. The number of methoxy groups -OCH3 is 3. The van der Waals surface area contributed by atoms with Crippen molar-refractivity contribution in [2.75, 3.05) is 21.3 Å². The van der Waals surface area contributed by atoms with E-state index in [2.05, 4.69) is 15.2 Å². The first-order chi connectivity index (χ1) is 13.7. The Hall–Kier alpha value is -3.39. The number of fused-ring (bicyclic) bond motifs is 1.